The number of benzene rings is 2. The van der Waals surface area contributed by atoms with Gasteiger partial charge in [0.05, 0.1) is 4.92 Å². The molecule has 0 spiro atoms. The van der Waals surface area contributed by atoms with Gasteiger partial charge in [0.15, 0.2) is 4.90 Å². The summed E-state index contributed by atoms with van der Waals surface area (Å²) in [6.07, 6.45) is -0.292. The van der Waals surface area contributed by atoms with E-state index in [1.165, 1.54) is 24.3 Å². The minimum Gasteiger partial charge on any atom is -0.480 e. The number of carboxylic acids is 1. The molecule has 186 valence electrons. The topological polar surface area (TPSA) is 235 Å². The number of aliphatic carboxylic acids is 1. The summed E-state index contributed by atoms with van der Waals surface area (Å²) in [5.41, 5.74) is 4.67. The fourth-order valence-electron chi connectivity index (χ4n) is 2.78. The van der Waals surface area contributed by atoms with E-state index in [1.54, 1.807) is 0 Å². The first-order valence-corrected chi connectivity index (χ1v) is 11.4. The molecule has 35 heavy (non-hydrogen) atoms. The van der Waals surface area contributed by atoms with E-state index in [-0.39, 0.29) is 24.4 Å². The summed E-state index contributed by atoms with van der Waals surface area (Å²) < 4.78 is 26.8. The lowest BCUT2D eigenvalue weighted by Gasteiger charge is -2.13. The number of anilines is 1. The number of carbonyl (C=O) groups is 3. The van der Waals surface area contributed by atoms with Crippen molar-refractivity contribution in [1.29, 1.82) is 5.41 Å². The SMILES string of the molecule is C[C@H](NS(=O)(=O)c1cccc(NC(=O)CCNC(=O)c2ccc(C(=N)N)cc2)c1[N+](=O)[O-])C(=O)O. The molecule has 15 heteroatoms. The van der Waals surface area contributed by atoms with Crippen LogP contribution in [0.25, 0.3) is 0 Å². The zero-order chi connectivity index (χ0) is 26.3. The number of amides is 2. The van der Waals surface area contributed by atoms with E-state index < -0.39 is 55.0 Å². The number of para-hydroxylation sites is 1. The van der Waals surface area contributed by atoms with Crippen LogP contribution in [0, 0.1) is 15.5 Å². The van der Waals surface area contributed by atoms with Crippen LogP contribution in [-0.2, 0) is 19.6 Å². The number of rotatable bonds is 11. The number of nitrogen functional groups attached to an aromatic ring is 1. The largest absolute Gasteiger partial charge is 0.480 e. The third-order valence-electron chi connectivity index (χ3n) is 4.54. The Hall–Kier alpha value is -4.37. The van der Waals surface area contributed by atoms with Crippen LogP contribution in [0.1, 0.15) is 29.3 Å². The van der Waals surface area contributed by atoms with Crippen molar-refractivity contribution in [2.75, 3.05) is 11.9 Å². The second kappa shape index (κ2) is 11.2. The molecule has 0 aliphatic heterocycles. The van der Waals surface area contributed by atoms with Gasteiger partial charge >= 0.3 is 11.7 Å². The summed E-state index contributed by atoms with van der Waals surface area (Å²) in [6.45, 7) is 0.909. The standard InChI is InChI=1S/C20H22N6O8S/c1-11(20(29)30)25-35(33,34)15-4-2-3-14(17(15)26(31)32)24-16(27)9-10-23-19(28)13-7-5-12(6-8-13)18(21)22/h2-8,11,25H,9-10H2,1H3,(H3,21,22)(H,23,28)(H,24,27)(H,29,30)/t11-/m0/s1. The van der Waals surface area contributed by atoms with Gasteiger partial charge in [-0.15, -0.1) is 0 Å². The lowest BCUT2D eigenvalue weighted by Crippen LogP contribution is -2.38. The Labute approximate surface area is 199 Å². The summed E-state index contributed by atoms with van der Waals surface area (Å²) in [5.74, 6) is -2.91. The number of nitro groups is 1. The lowest BCUT2D eigenvalue weighted by atomic mass is 10.1. The van der Waals surface area contributed by atoms with Crippen molar-refractivity contribution >= 4 is 45.0 Å². The van der Waals surface area contributed by atoms with Gasteiger partial charge in [-0.1, -0.05) is 18.2 Å². The number of nitro benzene ring substituents is 1. The van der Waals surface area contributed by atoms with Gasteiger partial charge in [0.1, 0.15) is 17.6 Å². The molecule has 14 nitrogen and oxygen atoms in total. The highest BCUT2D eigenvalue weighted by Crippen LogP contribution is 2.32. The van der Waals surface area contributed by atoms with Crippen LogP contribution >= 0.6 is 0 Å². The molecule has 0 heterocycles. The third kappa shape index (κ3) is 7.05. The monoisotopic (exact) mass is 506 g/mol. The van der Waals surface area contributed by atoms with Crippen LogP contribution in [-0.4, -0.2) is 54.7 Å². The minimum atomic E-state index is -4.61. The first-order chi connectivity index (χ1) is 16.3. The Morgan fingerprint density at radius 2 is 1.74 bits per heavy atom. The summed E-state index contributed by atoms with van der Waals surface area (Å²) in [4.78, 5) is 45.2. The maximum absolute atomic E-state index is 12.5. The van der Waals surface area contributed by atoms with Crippen LogP contribution in [0.2, 0.25) is 0 Å². The van der Waals surface area contributed by atoms with Crippen LogP contribution in [0.15, 0.2) is 47.4 Å². The number of sulfonamides is 1. The fraction of sp³-hybridized carbons (Fsp3) is 0.200. The summed E-state index contributed by atoms with van der Waals surface area (Å²) >= 11 is 0. The molecule has 0 radical (unpaired) electrons. The number of nitrogens with one attached hydrogen (secondary N) is 4. The van der Waals surface area contributed by atoms with Crippen molar-refractivity contribution in [3.8, 4) is 0 Å². The molecule has 0 unspecified atom stereocenters. The molecule has 2 rings (SSSR count). The lowest BCUT2D eigenvalue weighted by molar-refractivity contribution is -0.386. The maximum Gasteiger partial charge on any atom is 0.321 e. The smallest absolute Gasteiger partial charge is 0.321 e. The van der Waals surface area contributed by atoms with E-state index in [1.807, 2.05) is 4.72 Å². The van der Waals surface area contributed by atoms with Gasteiger partial charge < -0.3 is 21.5 Å². The van der Waals surface area contributed by atoms with Gasteiger partial charge in [0.25, 0.3) is 5.91 Å². The molecule has 1 atom stereocenters. The van der Waals surface area contributed by atoms with E-state index in [0.717, 1.165) is 25.1 Å². The molecule has 0 bridgehead atoms. The van der Waals surface area contributed by atoms with Crippen molar-refractivity contribution in [1.82, 2.24) is 10.0 Å². The highest BCUT2D eigenvalue weighted by atomic mass is 32.2. The van der Waals surface area contributed by atoms with E-state index in [2.05, 4.69) is 10.6 Å². The highest BCUT2D eigenvalue weighted by molar-refractivity contribution is 7.89. The Kier molecular flexibility index (Phi) is 8.58. The number of nitrogens with two attached hydrogens (primary N) is 1. The number of carboxylic acid groups (broad SMARTS) is 1. The molecule has 0 aliphatic rings. The fourth-order valence-corrected chi connectivity index (χ4v) is 4.17. The average molecular weight is 506 g/mol. The Balaban J connectivity index is 2.09. The van der Waals surface area contributed by atoms with Crippen LogP contribution < -0.4 is 21.1 Å². The van der Waals surface area contributed by atoms with E-state index in [4.69, 9.17) is 16.2 Å². The number of hydrogen-bond donors (Lipinski definition) is 6. The van der Waals surface area contributed by atoms with Gasteiger partial charge in [0, 0.05) is 24.1 Å². The van der Waals surface area contributed by atoms with Crippen molar-refractivity contribution in [3.05, 3.63) is 63.7 Å². The summed E-state index contributed by atoms with van der Waals surface area (Å²) in [5, 5.41) is 32.6. The van der Waals surface area contributed by atoms with Gasteiger partial charge in [-0.3, -0.25) is 29.9 Å². The van der Waals surface area contributed by atoms with Gasteiger partial charge in [-0.05, 0) is 31.2 Å². The normalized spacial score (nSPS) is 11.8. The Morgan fingerprint density at radius 1 is 1.14 bits per heavy atom. The Bertz CT molecular complexity index is 1280. The summed E-state index contributed by atoms with van der Waals surface area (Å²) in [6, 6.07) is 7.47. The zero-order valence-electron chi connectivity index (χ0n) is 18.3. The van der Waals surface area contributed by atoms with Crippen molar-refractivity contribution < 1.29 is 32.8 Å². The molecule has 7 N–H and O–H groups in total. The molecule has 2 aromatic carbocycles. The van der Waals surface area contributed by atoms with Crippen molar-refractivity contribution in [2.24, 2.45) is 5.73 Å². The Morgan fingerprint density at radius 3 is 2.29 bits per heavy atom. The van der Waals surface area contributed by atoms with E-state index in [9.17, 15) is 32.9 Å². The van der Waals surface area contributed by atoms with Crippen LogP contribution in [0.4, 0.5) is 11.4 Å². The number of carbonyl (C=O) groups excluding carboxylic acids is 2. The molecule has 2 aromatic rings. The number of hydrogen-bond acceptors (Lipinski definition) is 8. The van der Waals surface area contributed by atoms with Gasteiger partial charge in [-0.25, -0.2) is 8.42 Å². The van der Waals surface area contributed by atoms with Crippen molar-refractivity contribution in [2.45, 2.75) is 24.3 Å². The van der Waals surface area contributed by atoms with E-state index in [0.29, 0.717) is 5.56 Å². The second-order valence-corrected chi connectivity index (χ2v) is 8.82. The summed E-state index contributed by atoms with van der Waals surface area (Å²) in [7, 11) is -4.61. The van der Waals surface area contributed by atoms with Gasteiger partial charge in [0.2, 0.25) is 15.9 Å². The van der Waals surface area contributed by atoms with Gasteiger partial charge in [-0.2, -0.15) is 4.72 Å². The number of nitrogens with zero attached hydrogens (tertiary/aromatic N) is 1. The molecule has 2 amide bonds. The molecule has 0 aliphatic carbocycles. The predicted molar refractivity (Wildman–Crippen MR) is 124 cm³/mol. The van der Waals surface area contributed by atoms with E-state index >= 15 is 0 Å². The van der Waals surface area contributed by atoms with Crippen molar-refractivity contribution in [3.63, 3.8) is 0 Å². The zero-order valence-corrected chi connectivity index (χ0v) is 19.1. The molecular formula is C20H22N6O8S. The third-order valence-corrected chi connectivity index (χ3v) is 6.12. The second-order valence-electron chi connectivity index (χ2n) is 7.14. The molecule has 0 fully saturated rings. The van der Waals surface area contributed by atoms with Crippen LogP contribution in [0.5, 0.6) is 0 Å². The average Bonchev–Trinajstić information content (AvgIpc) is 2.78. The number of amidine groups is 1. The quantitative estimate of drug-likeness (QED) is 0.107. The van der Waals surface area contributed by atoms with Crippen LogP contribution in [0.3, 0.4) is 0 Å². The molecule has 0 aromatic heterocycles. The first-order valence-electron chi connectivity index (χ1n) is 9.88. The minimum absolute atomic E-state index is 0.136. The molecule has 0 saturated heterocycles. The molecule has 0 saturated carbocycles. The highest BCUT2D eigenvalue weighted by Gasteiger charge is 2.32. The predicted octanol–water partition coefficient (Wildman–Crippen LogP) is 0.389. The maximum atomic E-state index is 12.5. The molecular weight excluding hydrogens is 484 g/mol. The first kappa shape index (κ1) is 26.9.